The number of anilines is 1. The van der Waals surface area contributed by atoms with Crippen molar-refractivity contribution in [2.45, 2.75) is 32.8 Å². The number of ether oxygens (including phenoxy) is 1. The van der Waals surface area contributed by atoms with Crippen LogP contribution in [0.15, 0.2) is 12.3 Å². The third kappa shape index (κ3) is 5.88. The molecule has 0 aliphatic heterocycles. The summed E-state index contributed by atoms with van der Waals surface area (Å²) >= 11 is 4.86. The van der Waals surface area contributed by atoms with Gasteiger partial charge >= 0.3 is 0 Å². The molecule has 0 bridgehead atoms. The number of thiocarbonyl (C=S) groups is 1. The molecule has 1 aromatic rings. The lowest BCUT2D eigenvalue weighted by molar-refractivity contribution is 0.0765. The Hall–Kier alpha value is -1.27. The zero-order valence-corrected chi connectivity index (χ0v) is 11.7. The number of hydrogen-bond donors (Lipinski definition) is 2. The molecular formula is C12H20N4OS. The fourth-order valence-electron chi connectivity index (χ4n) is 1.33. The Labute approximate surface area is 113 Å². The van der Waals surface area contributed by atoms with Crippen LogP contribution in [-0.4, -0.2) is 34.2 Å². The van der Waals surface area contributed by atoms with E-state index in [9.17, 15) is 0 Å². The lowest BCUT2D eigenvalue weighted by atomic mass is 10.3. The van der Waals surface area contributed by atoms with E-state index in [0.29, 0.717) is 17.7 Å². The Morgan fingerprint density at radius 3 is 2.94 bits per heavy atom. The Morgan fingerprint density at radius 2 is 2.28 bits per heavy atom. The fourth-order valence-corrected chi connectivity index (χ4v) is 1.44. The highest BCUT2D eigenvalue weighted by molar-refractivity contribution is 7.80. The van der Waals surface area contributed by atoms with Gasteiger partial charge in [0, 0.05) is 19.3 Å². The maximum atomic E-state index is 5.50. The molecule has 0 saturated carbocycles. The van der Waals surface area contributed by atoms with E-state index in [2.05, 4.69) is 15.3 Å². The highest BCUT2D eigenvalue weighted by Gasteiger charge is 2.00. The minimum Gasteiger partial charge on any atom is -0.388 e. The molecular weight excluding hydrogens is 248 g/mol. The van der Waals surface area contributed by atoms with Gasteiger partial charge in [-0.15, -0.1) is 0 Å². The number of nitrogens with zero attached hydrogens (tertiary/aromatic N) is 2. The Balaban J connectivity index is 2.23. The molecule has 6 heteroatoms. The van der Waals surface area contributed by atoms with E-state index in [-0.39, 0.29) is 4.99 Å². The van der Waals surface area contributed by atoms with E-state index in [1.54, 1.807) is 12.3 Å². The van der Waals surface area contributed by atoms with Crippen molar-refractivity contribution in [2.75, 3.05) is 18.5 Å². The average Bonchev–Trinajstić information content (AvgIpc) is 2.33. The summed E-state index contributed by atoms with van der Waals surface area (Å²) in [6.07, 6.45) is 3.96. The van der Waals surface area contributed by atoms with Gasteiger partial charge in [-0.3, -0.25) is 0 Å². The first-order valence-corrected chi connectivity index (χ1v) is 6.48. The van der Waals surface area contributed by atoms with Crippen LogP contribution in [0.2, 0.25) is 0 Å². The fraction of sp³-hybridized carbons (Fsp3) is 0.583. The SMILES string of the molecule is CC(C)OCCCCNc1nccc(C(N)=S)n1. The molecule has 5 nitrogen and oxygen atoms in total. The van der Waals surface area contributed by atoms with Crippen LogP contribution in [0.3, 0.4) is 0 Å². The van der Waals surface area contributed by atoms with Gasteiger partial charge in [0.25, 0.3) is 0 Å². The molecule has 0 fully saturated rings. The van der Waals surface area contributed by atoms with Crippen LogP contribution in [0.4, 0.5) is 5.95 Å². The van der Waals surface area contributed by atoms with Gasteiger partial charge in [0.15, 0.2) is 0 Å². The van der Waals surface area contributed by atoms with Crippen LogP contribution >= 0.6 is 12.2 Å². The minimum atomic E-state index is 0.283. The number of rotatable bonds is 8. The smallest absolute Gasteiger partial charge is 0.223 e. The van der Waals surface area contributed by atoms with Crippen molar-refractivity contribution in [3.63, 3.8) is 0 Å². The van der Waals surface area contributed by atoms with Crippen molar-refractivity contribution in [1.29, 1.82) is 0 Å². The van der Waals surface area contributed by atoms with Crippen LogP contribution in [0.25, 0.3) is 0 Å². The van der Waals surface area contributed by atoms with Crippen LogP contribution in [0.5, 0.6) is 0 Å². The molecule has 18 heavy (non-hydrogen) atoms. The summed E-state index contributed by atoms with van der Waals surface area (Å²) in [5, 5.41) is 3.14. The van der Waals surface area contributed by atoms with E-state index in [0.717, 1.165) is 26.0 Å². The summed E-state index contributed by atoms with van der Waals surface area (Å²) < 4.78 is 5.45. The lowest BCUT2D eigenvalue weighted by Gasteiger charge is -2.08. The molecule has 0 spiro atoms. The number of nitrogens with two attached hydrogens (primary N) is 1. The van der Waals surface area contributed by atoms with Gasteiger partial charge in [-0.25, -0.2) is 9.97 Å². The predicted molar refractivity (Wildman–Crippen MR) is 76.7 cm³/mol. The van der Waals surface area contributed by atoms with Gasteiger partial charge in [-0.2, -0.15) is 0 Å². The van der Waals surface area contributed by atoms with Gasteiger partial charge in [0.1, 0.15) is 10.7 Å². The standard InChI is InChI=1S/C12H20N4OS/c1-9(2)17-8-4-3-6-14-12-15-7-5-10(16-12)11(13)18/h5,7,9H,3-4,6,8H2,1-2H3,(H2,13,18)(H,14,15,16). The zero-order chi connectivity index (χ0) is 13.4. The summed E-state index contributed by atoms with van der Waals surface area (Å²) in [5.41, 5.74) is 6.09. The number of unbranched alkanes of at least 4 members (excludes halogenated alkanes) is 1. The van der Waals surface area contributed by atoms with Gasteiger partial charge in [0.2, 0.25) is 5.95 Å². The van der Waals surface area contributed by atoms with E-state index < -0.39 is 0 Å². The zero-order valence-electron chi connectivity index (χ0n) is 10.8. The molecule has 0 aliphatic rings. The van der Waals surface area contributed by atoms with Crippen LogP contribution in [-0.2, 0) is 4.74 Å². The molecule has 0 radical (unpaired) electrons. The van der Waals surface area contributed by atoms with Gasteiger partial charge < -0.3 is 15.8 Å². The molecule has 0 aliphatic carbocycles. The predicted octanol–water partition coefficient (Wildman–Crippen LogP) is 1.73. The number of nitrogens with one attached hydrogen (secondary N) is 1. The second kappa shape index (κ2) is 7.94. The Kier molecular flexibility index (Phi) is 6.53. The third-order valence-electron chi connectivity index (χ3n) is 2.21. The molecule has 1 rings (SSSR count). The molecule has 0 amide bonds. The molecule has 0 atom stereocenters. The topological polar surface area (TPSA) is 73.1 Å². The largest absolute Gasteiger partial charge is 0.388 e. The van der Waals surface area contributed by atoms with Crippen LogP contribution < -0.4 is 11.1 Å². The van der Waals surface area contributed by atoms with Gasteiger partial charge in [-0.1, -0.05) is 12.2 Å². The minimum absolute atomic E-state index is 0.283. The summed E-state index contributed by atoms with van der Waals surface area (Å²) in [7, 11) is 0. The molecule has 100 valence electrons. The quantitative estimate of drug-likeness (QED) is 0.552. The summed E-state index contributed by atoms with van der Waals surface area (Å²) in [6.45, 7) is 5.66. The molecule has 0 aromatic carbocycles. The van der Waals surface area contributed by atoms with E-state index in [1.165, 1.54) is 0 Å². The van der Waals surface area contributed by atoms with Gasteiger partial charge in [-0.05, 0) is 32.8 Å². The van der Waals surface area contributed by atoms with E-state index in [1.807, 2.05) is 13.8 Å². The maximum Gasteiger partial charge on any atom is 0.223 e. The molecule has 3 N–H and O–H groups in total. The van der Waals surface area contributed by atoms with E-state index >= 15 is 0 Å². The second-order valence-electron chi connectivity index (χ2n) is 4.18. The van der Waals surface area contributed by atoms with Crippen molar-refractivity contribution in [3.8, 4) is 0 Å². The van der Waals surface area contributed by atoms with E-state index in [4.69, 9.17) is 22.7 Å². The maximum absolute atomic E-state index is 5.50. The second-order valence-corrected chi connectivity index (χ2v) is 4.62. The first kappa shape index (κ1) is 14.8. The van der Waals surface area contributed by atoms with Crippen LogP contribution in [0, 0.1) is 0 Å². The normalized spacial score (nSPS) is 10.6. The summed E-state index contributed by atoms with van der Waals surface area (Å²) in [4.78, 5) is 8.58. The van der Waals surface area contributed by atoms with Gasteiger partial charge in [0.05, 0.1) is 6.10 Å². The van der Waals surface area contributed by atoms with Crippen molar-refractivity contribution in [3.05, 3.63) is 18.0 Å². The van der Waals surface area contributed by atoms with Crippen molar-refractivity contribution < 1.29 is 4.74 Å². The third-order valence-corrected chi connectivity index (χ3v) is 2.42. The van der Waals surface area contributed by atoms with Crippen molar-refractivity contribution in [1.82, 2.24) is 9.97 Å². The number of aromatic nitrogens is 2. The molecule has 0 saturated heterocycles. The Morgan fingerprint density at radius 1 is 1.50 bits per heavy atom. The first-order valence-electron chi connectivity index (χ1n) is 6.08. The Bertz CT molecular complexity index is 384. The van der Waals surface area contributed by atoms with Crippen LogP contribution in [0.1, 0.15) is 32.4 Å². The average molecular weight is 268 g/mol. The summed E-state index contributed by atoms with van der Waals surface area (Å²) in [5.74, 6) is 0.560. The van der Waals surface area contributed by atoms with Crippen molar-refractivity contribution >= 4 is 23.2 Å². The molecule has 1 aromatic heterocycles. The van der Waals surface area contributed by atoms with Crippen molar-refractivity contribution in [2.24, 2.45) is 5.73 Å². The lowest BCUT2D eigenvalue weighted by Crippen LogP contribution is -2.14. The summed E-state index contributed by atoms with van der Waals surface area (Å²) in [6, 6.07) is 1.70. The monoisotopic (exact) mass is 268 g/mol. The highest BCUT2D eigenvalue weighted by Crippen LogP contribution is 2.01. The first-order chi connectivity index (χ1) is 8.59. The molecule has 1 heterocycles. The molecule has 0 unspecified atom stereocenters. The number of hydrogen-bond acceptors (Lipinski definition) is 5. The highest BCUT2D eigenvalue weighted by atomic mass is 32.1.